The average molecular weight is 267 g/mol. The molecule has 7 nitrogen and oxygen atoms in total. The summed E-state index contributed by atoms with van der Waals surface area (Å²) in [6.07, 6.45) is 0.917. The zero-order valence-corrected chi connectivity index (χ0v) is 10.8. The molecule has 0 radical (unpaired) electrons. The smallest absolute Gasteiger partial charge is 0.331 e. The Bertz CT molecular complexity index is 447. The van der Waals surface area contributed by atoms with Crippen LogP contribution in [0.25, 0.3) is 0 Å². The van der Waals surface area contributed by atoms with Gasteiger partial charge in [-0.2, -0.15) is 4.98 Å². The van der Waals surface area contributed by atoms with Crippen molar-refractivity contribution in [2.75, 3.05) is 31.7 Å². The summed E-state index contributed by atoms with van der Waals surface area (Å²) in [6, 6.07) is 2.98. The number of anilines is 1. The van der Waals surface area contributed by atoms with Gasteiger partial charge in [0, 0.05) is 25.1 Å². The molecule has 1 aliphatic rings. The SMILES string of the molecule is CCNc1ccc([N+](=O)[O-])c(OCC2CCOC2)n1. The average Bonchev–Trinajstić information content (AvgIpc) is 2.89. The van der Waals surface area contributed by atoms with Gasteiger partial charge in [-0.15, -0.1) is 0 Å². The van der Waals surface area contributed by atoms with E-state index in [1.807, 2.05) is 6.92 Å². The number of nitro groups is 1. The minimum absolute atomic E-state index is 0.0651. The van der Waals surface area contributed by atoms with Crippen molar-refractivity contribution in [3.8, 4) is 5.88 Å². The molecular formula is C12H17N3O4. The number of hydrogen-bond donors (Lipinski definition) is 1. The summed E-state index contributed by atoms with van der Waals surface area (Å²) in [5.41, 5.74) is -0.111. The van der Waals surface area contributed by atoms with E-state index in [2.05, 4.69) is 10.3 Å². The highest BCUT2D eigenvalue weighted by atomic mass is 16.6. The Labute approximate surface area is 111 Å². The number of nitrogens with zero attached hydrogens (tertiary/aromatic N) is 2. The standard InChI is InChI=1S/C12H17N3O4/c1-2-13-11-4-3-10(15(16)17)12(14-11)19-8-9-5-6-18-7-9/h3-4,9H,2,5-8H2,1H3,(H,13,14). The van der Waals surface area contributed by atoms with Crippen molar-refractivity contribution in [1.29, 1.82) is 0 Å². The number of hydrogen-bond acceptors (Lipinski definition) is 6. The van der Waals surface area contributed by atoms with Gasteiger partial charge in [0.05, 0.1) is 18.1 Å². The van der Waals surface area contributed by atoms with Crippen molar-refractivity contribution >= 4 is 11.5 Å². The number of rotatable bonds is 6. The third-order valence-electron chi connectivity index (χ3n) is 2.87. The van der Waals surface area contributed by atoms with E-state index in [0.717, 1.165) is 13.0 Å². The van der Waals surface area contributed by atoms with Gasteiger partial charge in [0.25, 0.3) is 5.88 Å². The predicted octanol–water partition coefficient (Wildman–Crippen LogP) is 1.84. The Morgan fingerprint density at radius 3 is 3.11 bits per heavy atom. The molecule has 0 aliphatic carbocycles. The van der Waals surface area contributed by atoms with Crippen LogP contribution in [0.1, 0.15) is 13.3 Å². The molecule has 2 heterocycles. The molecule has 1 saturated heterocycles. The molecule has 0 bridgehead atoms. The van der Waals surface area contributed by atoms with Crippen LogP contribution in [-0.4, -0.2) is 36.3 Å². The summed E-state index contributed by atoms with van der Waals surface area (Å²) in [5.74, 6) is 0.922. The quantitative estimate of drug-likeness (QED) is 0.625. The van der Waals surface area contributed by atoms with E-state index < -0.39 is 4.92 Å². The lowest BCUT2D eigenvalue weighted by Crippen LogP contribution is -2.13. The molecular weight excluding hydrogens is 250 g/mol. The Balaban J connectivity index is 2.09. The molecule has 104 valence electrons. The molecule has 1 fully saturated rings. The van der Waals surface area contributed by atoms with Crippen molar-refractivity contribution < 1.29 is 14.4 Å². The first-order chi connectivity index (χ1) is 9.20. The van der Waals surface area contributed by atoms with E-state index in [1.165, 1.54) is 6.07 Å². The van der Waals surface area contributed by atoms with Crippen LogP contribution in [0, 0.1) is 16.0 Å². The van der Waals surface area contributed by atoms with E-state index in [4.69, 9.17) is 9.47 Å². The van der Waals surface area contributed by atoms with Crippen LogP contribution < -0.4 is 10.1 Å². The van der Waals surface area contributed by atoms with Crippen molar-refractivity contribution in [1.82, 2.24) is 4.98 Å². The summed E-state index contributed by atoms with van der Waals surface area (Å²) >= 11 is 0. The molecule has 0 aromatic carbocycles. The molecule has 7 heteroatoms. The molecule has 1 atom stereocenters. The zero-order valence-electron chi connectivity index (χ0n) is 10.8. The highest BCUT2D eigenvalue weighted by Crippen LogP contribution is 2.27. The molecule has 1 N–H and O–H groups in total. The first-order valence-electron chi connectivity index (χ1n) is 6.30. The van der Waals surface area contributed by atoms with Crippen LogP contribution in [0.5, 0.6) is 5.88 Å². The van der Waals surface area contributed by atoms with Gasteiger partial charge in [-0.1, -0.05) is 0 Å². The second kappa shape index (κ2) is 6.33. The van der Waals surface area contributed by atoms with Gasteiger partial charge in [-0.05, 0) is 19.4 Å². The Morgan fingerprint density at radius 1 is 1.63 bits per heavy atom. The number of aromatic nitrogens is 1. The van der Waals surface area contributed by atoms with Crippen LogP contribution in [0.15, 0.2) is 12.1 Å². The number of pyridine rings is 1. The summed E-state index contributed by atoms with van der Waals surface area (Å²) in [6.45, 7) is 4.38. The Morgan fingerprint density at radius 2 is 2.47 bits per heavy atom. The van der Waals surface area contributed by atoms with Gasteiger partial charge in [-0.3, -0.25) is 10.1 Å². The molecule has 0 amide bonds. The van der Waals surface area contributed by atoms with Gasteiger partial charge in [0.15, 0.2) is 0 Å². The fourth-order valence-corrected chi connectivity index (χ4v) is 1.87. The van der Waals surface area contributed by atoms with E-state index in [-0.39, 0.29) is 17.5 Å². The van der Waals surface area contributed by atoms with Crippen molar-refractivity contribution in [2.45, 2.75) is 13.3 Å². The highest BCUT2D eigenvalue weighted by Gasteiger charge is 2.21. The molecule has 1 aromatic heterocycles. The summed E-state index contributed by atoms with van der Waals surface area (Å²) in [4.78, 5) is 14.6. The first-order valence-corrected chi connectivity index (χ1v) is 6.30. The van der Waals surface area contributed by atoms with Crippen LogP contribution in [0.3, 0.4) is 0 Å². The molecule has 1 unspecified atom stereocenters. The normalized spacial score (nSPS) is 18.3. The van der Waals surface area contributed by atoms with Gasteiger partial charge < -0.3 is 14.8 Å². The van der Waals surface area contributed by atoms with Crippen molar-refractivity contribution in [3.63, 3.8) is 0 Å². The van der Waals surface area contributed by atoms with Gasteiger partial charge in [0.1, 0.15) is 5.82 Å². The van der Waals surface area contributed by atoms with Crippen LogP contribution in [0.4, 0.5) is 11.5 Å². The Hall–Kier alpha value is -1.89. The lowest BCUT2D eigenvalue weighted by Gasteiger charge is -2.11. The lowest BCUT2D eigenvalue weighted by atomic mass is 10.1. The van der Waals surface area contributed by atoms with Gasteiger partial charge in [-0.25, -0.2) is 0 Å². The maximum absolute atomic E-state index is 10.9. The van der Waals surface area contributed by atoms with Crippen molar-refractivity contribution in [3.05, 3.63) is 22.2 Å². The monoisotopic (exact) mass is 267 g/mol. The molecule has 19 heavy (non-hydrogen) atoms. The third kappa shape index (κ3) is 3.54. The van der Waals surface area contributed by atoms with Gasteiger partial charge >= 0.3 is 5.69 Å². The summed E-state index contributed by atoms with van der Waals surface area (Å²) < 4.78 is 10.7. The maximum Gasteiger partial charge on any atom is 0.331 e. The van der Waals surface area contributed by atoms with Crippen LogP contribution in [-0.2, 0) is 4.74 Å². The Kier molecular flexibility index (Phi) is 4.51. The number of ether oxygens (including phenoxy) is 2. The third-order valence-corrected chi connectivity index (χ3v) is 2.87. The predicted molar refractivity (Wildman–Crippen MR) is 69.5 cm³/mol. The molecule has 0 saturated carbocycles. The van der Waals surface area contributed by atoms with E-state index in [9.17, 15) is 10.1 Å². The molecule has 1 aliphatic heterocycles. The number of nitrogens with one attached hydrogen (secondary N) is 1. The highest BCUT2D eigenvalue weighted by molar-refractivity contribution is 5.49. The van der Waals surface area contributed by atoms with Crippen molar-refractivity contribution in [2.24, 2.45) is 5.92 Å². The van der Waals surface area contributed by atoms with Gasteiger partial charge in [0.2, 0.25) is 0 Å². The second-order valence-corrected chi connectivity index (χ2v) is 4.35. The minimum atomic E-state index is -0.483. The first kappa shape index (κ1) is 13.5. The molecule has 1 aromatic rings. The second-order valence-electron chi connectivity index (χ2n) is 4.35. The zero-order chi connectivity index (χ0) is 13.7. The fourth-order valence-electron chi connectivity index (χ4n) is 1.87. The fraction of sp³-hybridized carbons (Fsp3) is 0.583. The van der Waals surface area contributed by atoms with E-state index in [1.54, 1.807) is 6.07 Å². The minimum Gasteiger partial charge on any atom is -0.472 e. The lowest BCUT2D eigenvalue weighted by molar-refractivity contribution is -0.386. The molecule has 0 spiro atoms. The maximum atomic E-state index is 10.9. The topological polar surface area (TPSA) is 86.5 Å². The largest absolute Gasteiger partial charge is 0.472 e. The van der Waals surface area contributed by atoms with E-state index >= 15 is 0 Å². The summed E-state index contributed by atoms with van der Waals surface area (Å²) in [5, 5.41) is 13.9. The van der Waals surface area contributed by atoms with Crippen LogP contribution in [0.2, 0.25) is 0 Å². The summed E-state index contributed by atoms with van der Waals surface area (Å²) in [7, 11) is 0. The molecule has 2 rings (SSSR count). The van der Waals surface area contributed by atoms with E-state index in [0.29, 0.717) is 25.6 Å². The van der Waals surface area contributed by atoms with Crippen LogP contribution >= 0.6 is 0 Å².